The number of hydrogen-bond donors (Lipinski definition) is 0. The molecular formula is C14H17FN2. The normalized spacial score (nSPS) is 14.8. The molecule has 2 nitrogen and oxygen atoms in total. The molecule has 0 spiro atoms. The molecule has 0 unspecified atom stereocenters. The Kier molecular flexibility index (Phi) is 3.67. The monoisotopic (exact) mass is 232 g/mol. The number of amidine groups is 1. The quantitative estimate of drug-likeness (QED) is 0.758. The number of aliphatic imine (C=N–C) groups is 2. The third-order valence-corrected chi connectivity index (χ3v) is 2.91. The first kappa shape index (κ1) is 12.0. The first-order valence-electron chi connectivity index (χ1n) is 6.08. The summed E-state index contributed by atoms with van der Waals surface area (Å²) in [6, 6.07) is 5.03. The molecule has 0 aliphatic carbocycles. The highest BCUT2D eigenvalue weighted by molar-refractivity contribution is 6.11. The van der Waals surface area contributed by atoms with Crippen molar-refractivity contribution in [2.24, 2.45) is 9.98 Å². The van der Waals surface area contributed by atoms with E-state index in [9.17, 15) is 4.39 Å². The summed E-state index contributed by atoms with van der Waals surface area (Å²) in [5, 5.41) is 0. The second kappa shape index (κ2) is 5.21. The molecule has 1 aliphatic rings. The maximum atomic E-state index is 13.2. The van der Waals surface area contributed by atoms with Crippen molar-refractivity contribution in [1.82, 2.24) is 0 Å². The first-order chi connectivity index (χ1) is 8.20. The predicted molar refractivity (Wildman–Crippen MR) is 69.5 cm³/mol. The van der Waals surface area contributed by atoms with Gasteiger partial charge >= 0.3 is 0 Å². The molecule has 1 aromatic carbocycles. The van der Waals surface area contributed by atoms with E-state index in [1.54, 1.807) is 19.1 Å². The van der Waals surface area contributed by atoms with E-state index in [0.717, 1.165) is 30.0 Å². The zero-order chi connectivity index (χ0) is 12.3. The van der Waals surface area contributed by atoms with Crippen molar-refractivity contribution in [3.05, 3.63) is 35.1 Å². The van der Waals surface area contributed by atoms with Crippen LogP contribution in [0.1, 0.15) is 37.3 Å². The van der Waals surface area contributed by atoms with E-state index in [0.29, 0.717) is 12.1 Å². The number of halogens is 1. The van der Waals surface area contributed by atoms with Crippen molar-refractivity contribution in [3.8, 4) is 0 Å². The van der Waals surface area contributed by atoms with Crippen LogP contribution in [0, 0.1) is 12.7 Å². The van der Waals surface area contributed by atoms with Crippen LogP contribution in [0.4, 0.5) is 4.39 Å². The Morgan fingerprint density at radius 3 is 2.88 bits per heavy atom. The number of unbranched alkanes of at least 4 members (excludes halogenated alkanes) is 1. The van der Waals surface area contributed by atoms with E-state index in [2.05, 4.69) is 16.9 Å². The number of hydrogen-bond acceptors (Lipinski definition) is 2. The van der Waals surface area contributed by atoms with Gasteiger partial charge in [0.1, 0.15) is 5.82 Å². The van der Waals surface area contributed by atoms with Gasteiger partial charge in [0.2, 0.25) is 0 Å². The van der Waals surface area contributed by atoms with Gasteiger partial charge in [-0.1, -0.05) is 13.3 Å². The van der Waals surface area contributed by atoms with E-state index in [-0.39, 0.29) is 5.82 Å². The van der Waals surface area contributed by atoms with E-state index >= 15 is 0 Å². The van der Waals surface area contributed by atoms with Gasteiger partial charge in [-0.25, -0.2) is 9.38 Å². The van der Waals surface area contributed by atoms with E-state index in [4.69, 9.17) is 0 Å². The molecule has 0 saturated heterocycles. The topological polar surface area (TPSA) is 24.7 Å². The van der Waals surface area contributed by atoms with Crippen LogP contribution in [0.2, 0.25) is 0 Å². The number of aryl methyl sites for hydroxylation is 1. The molecule has 90 valence electrons. The number of rotatable bonds is 4. The average Bonchev–Trinajstić information content (AvgIpc) is 2.79. The summed E-state index contributed by atoms with van der Waals surface area (Å²) in [6.07, 6.45) is 3.35. The largest absolute Gasteiger partial charge is 0.260 e. The molecule has 0 atom stereocenters. The van der Waals surface area contributed by atoms with Crippen LogP contribution in [0.15, 0.2) is 28.2 Å². The zero-order valence-corrected chi connectivity index (χ0v) is 10.3. The molecule has 0 radical (unpaired) electrons. The molecular weight excluding hydrogens is 215 g/mol. The van der Waals surface area contributed by atoms with Crippen molar-refractivity contribution in [2.45, 2.75) is 33.1 Å². The highest BCUT2D eigenvalue weighted by atomic mass is 19.1. The second-order valence-electron chi connectivity index (χ2n) is 4.39. The summed E-state index contributed by atoms with van der Waals surface area (Å²) in [6.45, 7) is 4.63. The molecule has 1 aromatic rings. The minimum absolute atomic E-state index is 0.178. The third-order valence-electron chi connectivity index (χ3n) is 2.91. The molecule has 0 amide bonds. The third kappa shape index (κ3) is 2.78. The summed E-state index contributed by atoms with van der Waals surface area (Å²) in [5.41, 5.74) is 2.70. The molecule has 0 bridgehead atoms. The lowest BCUT2D eigenvalue weighted by Gasteiger charge is -2.00. The van der Waals surface area contributed by atoms with Gasteiger partial charge < -0.3 is 0 Å². The van der Waals surface area contributed by atoms with Crippen LogP contribution < -0.4 is 0 Å². The molecule has 0 fully saturated rings. The second-order valence-corrected chi connectivity index (χ2v) is 4.39. The standard InChI is InChI=1S/C14H17FN2/c1-3-4-5-12-9-16-14(17-12)11-6-7-13(15)10(2)8-11/h6-8H,3-5,9H2,1-2H3. The fourth-order valence-electron chi connectivity index (χ4n) is 1.84. The van der Waals surface area contributed by atoms with Crippen LogP contribution in [-0.2, 0) is 0 Å². The van der Waals surface area contributed by atoms with Crippen LogP contribution >= 0.6 is 0 Å². The molecule has 0 saturated carbocycles. The Morgan fingerprint density at radius 2 is 2.18 bits per heavy atom. The van der Waals surface area contributed by atoms with Gasteiger partial charge in [-0.2, -0.15) is 0 Å². The first-order valence-corrected chi connectivity index (χ1v) is 6.08. The van der Waals surface area contributed by atoms with Gasteiger partial charge in [0, 0.05) is 11.3 Å². The lowest BCUT2D eigenvalue weighted by atomic mass is 10.1. The Morgan fingerprint density at radius 1 is 1.35 bits per heavy atom. The van der Waals surface area contributed by atoms with Crippen molar-refractivity contribution in [1.29, 1.82) is 0 Å². The van der Waals surface area contributed by atoms with Crippen molar-refractivity contribution in [2.75, 3.05) is 6.54 Å². The fraction of sp³-hybridized carbons (Fsp3) is 0.429. The maximum Gasteiger partial charge on any atom is 0.154 e. The Bertz CT molecular complexity index is 475. The summed E-state index contributed by atoms with van der Waals surface area (Å²) in [5.74, 6) is 0.571. The summed E-state index contributed by atoms with van der Waals surface area (Å²) in [4.78, 5) is 8.91. The lowest BCUT2D eigenvalue weighted by Crippen LogP contribution is -1.99. The van der Waals surface area contributed by atoms with Gasteiger partial charge in [0.15, 0.2) is 5.84 Å². The summed E-state index contributed by atoms with van der Waals surface area (Å²) in [7, 11) is 0. The van der Waals surface area contributed by atoms with E-state index in [1.807, 2.05) is 0 Å². The smallest absolute Gasteiger partial charge is 0.154 e. The van der Waals surface area contributed by atoms with E-state index < -0.39 is 0 Å². The minimum Gasteiger partial charge on any atom is -0.260 e. The van der Waals surface area contributed by atoms with Gasteiger partial charge in [-0.15, -0.1) is 0 Å². The Hall–Kier alpha value is -1.51. The van der Waals surface area contributed by atoms with Gasteiger partial charge in [-0.3, -0.25) is 4.99 Å². The Labute approximate surface area is 101 Å². The molecule has 2 rings (SSSR count). The Balaban J connectivity index is 2.13. The van der Waals surface area contributed by atoms with Crippen molar-refractivity contribution in [3.63, 3.8) is 0 Å². The number of nitrogens with zero attached hydrogens (tertiary/aromatic N) is 2. The lowest BCUT2D eigenvalue weighted by molar-refractivity contribution is 0.618. The van der Waals surface area contributed by atoms with Crippen molar-refractivity contribution < 1.29 is 4.39 Å². The highest BCUT2D eigenvalue weighted by Crippen LogP contribution is 2.14. The zero-order valence-electron chi connectivity index (χ0n) is 10.3. The van der Waals surface area contributed by atoms with Crippen LogP contribution in [0.5, 0.6) is 0 Å². The molecule has 3 heteroatoms. The van der Waals surface area contributed by atoms with Crippen molar-refractivity contribution >= 4 is 11.5 Å². The molecule has 17 heavy (non-hydrogen) atoms. The number of benzene rings is 1. The fourth-order valence-corrected chi connectivity index (χ4v) is 1.84. The van der Waals surface area contributed by atoms with E-state index in [1.165, 1.54) is 12.5 Å². The molecule has 1 heterocycles. The van der Waals surface area contributed by atoms with Crippen LogP contribution in [0.25, 0.3) is 0 Å². The SMILES string of the molecule is CCCCC1=NC(c2ccc(F)c(C)c2)=NC1. The molecule has 1 aliphatic heterocycles. The summed E-state index contributed by atoms with van der Waals surface area (Å²) < 4.78 is 13.2. The predicted octanol–water partition coefficient (Wildman–Crippen LogP) is 3.53. The van der Waals surface area contributed by atoms with Gasteiger partial charge in [-0.05, 0) is 43.5 Å². The molecule has 0 aromatic heterocycles. The highest BCUT2D eigenvalue weighted by Gasteiger charge is 2.12. The minimum atomic E-state index is -0.178. The van der Waals surface area contributed by atoms with Crippen LogP contribution in [-0.4, -0.2) is 18.1 Å². The van der Waals surface area contributed by atoms with Gasteiger partial charge in [0.05, 0.1) is 6.54 Å². The van der Waals surface area contributed by atoms with Crippen LogP contribution in [0.3, 0.4) is 0 Å². The molecule has 0 N–H and O–H groups in total. The van der Waals surface area contributed by atoms with Gasteiger partial charge in [0.25, 0.3) is 0 Å². The maximum absolute atomic E-state index is 13.2. The summed E-state index contributed by atoms with van der Waals surface area (Å²) >= 11 is 0. The average molecular weight is 232 g/mol.